The number of hydrogen-bond donors (Lipinski definition) is 1. The molecule has 1 saturated heterocycles. The maximum absolute atomic E-state index is 5.54. The normalized spacial score (nSPS) is 17.9. The SMILES string of the molecule is C#CCN(CCC)CC1(c2ccccc2)CCNCC1. The number of benzene rings is 1. The van der Waals surface area contributed by atoms with Crippen molar-refractivity contribution in [2.45, 2.75) is 31.6 Å². The van der Waals surface area contributed by atoms with Gasteiger partial charge in [-0.25, -0.2) is 0 Å². The molecule has 1 aliphatic rings. The molecule has 1 heterocycles. The van der Waals surface area contributed by atoms with E-state index in [2.05, 4.69) is 53.4 Å². The van der Waals surface area contributed by atoms with Crippen LogP contribution < -0.4 is 5.32 Å². The Hall–Kier alpha value is -1.30. The number of piperidine rings is 1. The third-order valence-electron chi connectivity index (χ3n) is 4.33. The summed E-state index contributed by atoms with van der Waals surface area (Å²) < 4.78 is 0. The second-order valence-corrected chi connectivity index (χ2v) is 5.81. The molecule has 2 rings (SSSR count). The van der Waals surface area contributed by atoms with Gasteiger partial charge in [0.1, 0.15) is 0 Å². The maximum atomic E-state index is 5.54. The molecule has 0 aromatic heterocycles. The third-order valence-corrected chi connectivity index (χ3v) is 4.33. The second-order valence-electron chi connectivity index (χ2n) is 5.81. The molecule has 1 aromatic carbocycles. The number of nitrogens with zero attached hydrogens (tertiary/aromatic N) is 1. The van der Waals surface area contributed by atoms with Gasteiger partial charge < -0.3 is 5.32 Å². The molecule has 0 amide bonds. The first kappa shape index (κ1) is 15.1. The van der Waals surface area contributed by atoms with Gasteiger partial charge in [0.2, 0.25) is 0 Å². The van der Waals surface area contributed by atoms with Crippen molar-refractivity contribution in [2.75, 3.05) is 32.7 Å². The van der Waals surface area contributed by atoms with Crippen LogP contribution in [0.2, 0.25) is 0 Å². The molecule has 0 unspecified atom stereocenters. The predicted octanol–water partition coefficient (Wildman–Crippen LogP) is 2.65. The smallest absolute Gasteiger partial charge is 0.0599 e. The summed E-state index contributed by atoms with van der Waals surface area (Å²) in [6.45, 7) is 7.36. The van der Waals surface area contributed by atoms with Gasteiger partial charge in [-0.2, -0.15) is 0 Å². The van der Waals surface area contributed by atoms with E-state index in [0.717, 1.165) is 39.1 Å². The summed E-state index contributed by atoms with van der Waals surface area (Å²) >= 11 is 0. The van der Waals surface area contributed by atoms with E-state index in [4.69, 9.17) is 6.42 Å². The van der Waals surface area contributed by atoms with Crippen LogP contribution in [0.5, 0.6) is 0 Å². The highest BCUT2D eigenvalue weighted by atomic mass is 15.1. The average molecular weight is 270 g/mol. The molecule has 0 saturated carbocycles. The van der Waals surface area contributed by atoms with Crippen molar-refractivity contribution < 1.29 is 0 Å². The van der Waals surface area contributed by atoms with Crippen molar-refractivity contribution in [1.82, 2.24) is 10.2 Å². The lowest BCUT2D eigenvalue weighted by Crippen LogP contribution is -2.48. The first-order valence-corrected chi connectivity index (χ1v) is 7.73. The zero-order valence-corrected chi connectivity index (χ0v) is 12.6. The van der Waals surface area contributed by atoms with Crippen LogP contribution in [0.3, 0.4) is 0 Å². The zero-order valence-electron chi connectivity index (χ0n) is 12.6. The fourth-order valence-corrected chi connectivity index (χ4v) is 3.32. The van der Waals surface area contributed by atoms with Gasteiger partial charge in [0.15, 0.2) is 0 Å². The molecule has 1 fully saturated rings. The van der Waals surface area contributed by atoms with Crippen LogP contribution >= 0.6 is 0 Å². The molecule has 2 nitrogen and oxygen atoms in total. The van der Waals surface area contributed by atoms with Crippen LogP contribution in [0.15, 0.2) is 30.3 Å². The number of rotatable bonds is 6. The third kappa shape index (κ3) is 3.62. The second kappa shape index (κ2) is 7.47. The molecule has 1 N–H and O–H groups in total. The molecular formula is C18H26N2. The monoisotopic (exact) mass is 270 g/mol. The minimum Gasteiger partial charge on any atom is -0.317 e. The molecule has 108 valence electrons. The lowest BCUT2D eigenvalue weighted by atomic mass is 9.72. The molecule has 0 atom stereocenters. The van der Waals surface area contributed by atoms with Crippen molar-refractivity contribution in [3.8, 4) is 12.3 Å². The lowest BCUT2D eigenvalue weighted by molar-refractivity contribution is 0.189. The molecule has 0 bridgehead atoms. The van der Waals surface area contributed by atoms with E-state index in [9.17, 15) is 0 Å². The Morgan fingerprint density at radius 2 is 1.95 bits per heavy atom. The first-order chi connectivity index (χ1) is 9.80. The molecular weight excluding hydrogens is 244 g/mol. The largest absolute Gasteiger partial charge is 0.317 e. The van der Waals surface area contributed by atoms with E-state index in [0.29, 0.717) is 0 Å². The van der Waals surface area contributed by atoms with E-state index in [1.165, 1.54) is 18.4 Å². The number of terminal acetylenes is 1. The van der Waals surface area contributed by atoms with Crippen LogP contribution in [0.4, 0.5) is 0 Å². The van der Waals surface area contributed by atoms with Gasteiger partial charge in [-0.3, -0.25) is 4.90 Å². The molecule has 0 aliphatic carbocycles. The van der Waals surface area contributed by atoms with E-state index in [1.54, 1.807) is 0 Å². The number of hydrogen-bond acceptors (Lipinski definition) is 2. The highest BCUT2D eigenvalue weighted by Crippen LogP contribution is 2.34. The Balaban J connectivity index is 2.21. The Labute approximate surface area is 123 Å². The van der Waals surface area contributed by atoms with Gasteiger partial charge >= 0.3 is 0 Å². The predicted molar refractivity (Wildman–Crippen MR) is 85.8 cm³/mol. The van der Waals surface area contributed by atoms with Crippen LogP contribution in [0, 0.1) is 12.3 Å². The summed E-state index contributed by atoms with van der Waals surface area (Å²) in [7, 11) is 0. The summed E-state index contributed by atoms with van der Waals surface area (Å²) in [5, 5.41) is 3.49. The zero-order chi connectivity index (χ0) is 14.3. The van der Waals surface area contributed by atoms with E-state index < -0.39 is 0 Å². The van der Waals surface area contributed by atoms with Crippen molar-refractivity contribution in [3.63, 3.8) is 0 Å². The fraction of sp³-hybridized carbons (Fsp3) is 0.556. The van der Waals surface area contributed by atoms with Gasteiger partial charge in [0.25, 0.3) is 0 Å². The molecule has 2 heteroatoms. The van der Waals surface area contributed by atoms with E-state index in [-0.39, 0.29) is 5.41 Å². The molecule has 1 aromatic rings. The van der Waals surface area contributed by atoms with E-state index in [1.807, 2.05) is 0 Å². The minimum absolute atomic E-state index is 0.262. The lowest BCUT2D eigenvalue weighted by Gasteiger charge is -2.41. The Morgan fingerprint density at radius 1 is 1.25 bits per heavy atom. The fourth-order valence-electron chi connectivity index (χ4n) is 3.32. The van der Waals surface area contributed by atoms with Crippen LogP contribution in [-0.4, -0.2) is 37.6 Å². The van der Waals surface area contributed by atoms with Crippen molar-refractivity contribution >= 4 is 0 Å². The van der Waals surface area contributed by atoms with Gasteiger partial charge in [-0.1, -0.05) is 43.2 Å². The number of nitrogens with one attached hydrogen (secondary N) is 1. The molecule has 0 spiro atoms. The molecule has 20 heavy (non-hydrogen) atoms. The summed E-state index contributed by atoms with van der Waals surface area (Å²) in [6.07, 6.45) is 9.09. The minimum atomic E-state index is 0.262. The maximum Gasteiger partial charge on any atom is 0.0599 e. The van der Waals surface area contributed by atoms with Gasteiger partial charge in [-0.05, 0) is 44.5 Å². The first-order valence-electron chi connectivity index (χ1n) is 7.73. The summed E-state index contributed by atoms with van der Waals surface area (Å²) in [5.41, 5.74) is 1.73. The Morgan fingerprint density at radius 3 is 2.55 bits per heavy atom. The highest BCUT2D eigenvalue weighted by Gasteiger charge is 2.35. The van der Waals surface area contributed by atoms with Crippen LogP contribution in [-0.2, 0) is 5.41 Å². The van der Waals surface area contributed by atoms with Crippen molar-refractivity contribution in [3.05, 3.63) is 35.9 Å². The van der Waals surface area contributed by atoms with Crippen molar-refractivity contribution in [2.24, 2.45) is 0 Å². The standard InChI is InChI=1S/C18H26N2/c1-3-14-20(15-4-2)16-18(10-12-19-13-11-18)17-8-6-5-7-9-17/h1,5-9,19H,4,10-16H2,2H3. The van der Waals surface area contributed by atoms with E-state index >= 15 is 0 Å². The molecule has 0 radical (unpaired) electrons. The van der Waals surface area contributed by atoms with Crippen LogP contribution in [0.1, 0.15) is 31.7 Å². The van der Waals surface area contributed by atoms with Crippen molar-refractivity contribution in [1.29, 1.82) is 0 Å². The summed E-state index contributed by atoms with van der Waals surface area (Å²) in [4.78, 5) is 2.44. The Bertz CT molecular complexity index is 426. The van der Waals surface area contributed by atoms with Gasteiger partial charge in [0.05, 0.1) is 6.54 Å². The molecule has 1 aliphatic heterocycles. The average Bonchev–Trinajstić information content (AvgIpc) is 2.50. The topological polar surface area (TPSA) is 15.3 Å². The summed E-state index contributed by atoms with van der Waals surface area (Å²) in [6, 6.07) is 11.0. The quantitative estimate of drug-likeness (QED) is 0.800. The van der Waals surface area contributed by atoms with Gasteiger partial charge in [-0.15, -0.1) is 6.42 Å². The Kier molecular flexibility index (Phi) is 5.64. The van der Waals surface area contributed by atoms with Gasteiger partial charge in [0, 0.05) is 12.0 Å². The van der Waals surface area contributed by atoms with Crippen LogP contribution in [0.25, 0.3) is 0 Å². The summed E-state index contributed by atoms with van der Waals surface area (Å²) in [5.74, 6) is 2.82. The highest BCUT2D eigenvalue weighted by molar-refractivity contribution is 5.27.